The van der Waals surface area contributed by atoms with E-state index in [0.717, 1.165) is 4.90 Å². The van der Waals surface area contributed by atoms with E-state index in [1.54, 1.807) is 66.7 Å². The minimum absolute atomic E-state index is 0.244. The summed E-state index contributed by atoms with van der Waals surface area (Å²) in [5.74, 6) is -0.508. The Morgan fingerprint density at radius 1 is 0.800 bits per heavy atom. The number of benzene rings is 3. The molecule has 0 saturated carbocycles. The molecule has 0 saturated heterocycles. The SMILES string of the molecule is COc1cccc(OC)c1C(=O)Nc1cccc(N2C(=O)c3ccccc3C2=O)c1. The second kappa shape index (κ2) is 7.71. The lowest BCUT2D eigenvalue weighted by Gasteiger charge is -2.16. The van der Waals surface area contributed by atoms with Crippen LogP contribution in [-0.2, 0) is 0 Å². The molecule has 1 heterocycles. The van der Waals surface area contributed by atoms with Crippen LogP contribution in [0.2, 0.25) is 0 Å². The van der Waals surface area contributed by atoms with Gasteiger partial charge in [-0.3, -0.25) is 14.4 Å². The van der Waals surface area contributed by atoms with Crippen molar-refractivity contribution in [2.24, 2.45) is 0 Å². The molecule has 0 aromatic heterocycles. The topological polar surface area (TPSA) is 84.9 Å². The number of imide groups is 1. The highest BCUT2D eigenvalue weighted by molar-refractivity contribution is 6.34. The smallest absolute Gasteiger partial charge is 0.266 e. The van der Waals surface area contributed by atoms with E-state index >= 15 is 0 Å². The van der Waals surface area contributed by atoms with E-state index in [2.05, 4.69) is 5.32 Å². The van der Waals surface area contributed by atoms with Gasteiger partial charge in [0.05, 0.1) is 31.0 Å². The van der Waals surface area contributed by atoms with Gasteiger partial charge in [-0.25, -0.2) is 4.90 Å². The minimum atomic E-state index is -0.441. The van der Waals surface area contributed by atoms with Crippen LogP contribution in [0.15, 0.2) is 66.7 Å². The Labute approximate surface area is 172 Å². The number of ether oxygens (including phenoxy) is 2. The number of carbonyl (C=O) groups excluding carboxylic acids is 3. The highest BCUT2D eigenvalue weighted by atomic mass is 16.5. The minimum Gasteiger partial charge on any atom is -0.496 e. The number of methoxy groups -OCH3 is 2. The van der Waals surface area contributed by atoms with Gasteiger partial charge >= 0.3 is 0 Å². The Bertz CT molecular complexity index is 1110. The highest BCUT2D eigenvalue weighted by Crippen LogP contribution is 2.32. The van der Waals surface area contributed by atoms with E-state index < -0.39 is 17.7 Å². The fraction of sp³-hybridized carbons (Fsp3) is 0.0870. The first-order valence-corrected chi connectivity index (χ1v) is 9.15. The van der Waals surface area contributed by atoms with Crippen molar-refractivity contribution in [2.45, 2.75) is 0 Å². The van der Waals surface area contributed by atoms with Gasteiger partial charge in [-0.05, 0) is 42.5 Å². The van der Waals surface area contributed by atoms with Gasteiger partial charge in [0.2, 0.25) is 0 Å². The molecule has 1 N–H and O–H groups in total. The molecule has 1 aliphatic rings. The molecule has 4 rings (SSSR count). The van der Waals surface area contributed by atoms with Gasteiger partial charge in [0.15, 0.2) is 0 Å². The second-order valence-corrected chi connectivity index (χ2v) is 6.53. The van der Waals surface area contributed by atoms with E-state index in [0.29, 0.717) is 34.0 Å². The Morgan fingerprint density at radius 2 is 1.37 bits per heavy atom. The van der Waals surface area contributed by atoms with Gasteiger partial charge in [-0.1, -0.05) is 24.3 Å². The summed E-state index contributed by atoms with van der Waals surface area (Å²) in [7, 11) is 2.93. The van der Waals surface area contributed by atoms with Gasteiger partial charge < -0.3 is 14.8 Å². The molecule has 1 aliphatic heterocycles. The van der Waals surface area contributed by atoms with Crippen molar-refractivity contribution in [1.29, 1.82) is 0 Å². The third-order valence-corrected chi connectivity index (χ3v) is 4.81. The first-order valence-electron chi connectivity index (χ1n) is 9.15. The molecule has 7 heteroatoms. The maximum Gasteiger partial charge on any atom is 0.266 e. The van der Waals surface area contributed by atoms with E-state index in [4.69, 9.17) is 9.47 Å². The van der Waals surface area contributed by atoms with Crippen molar-refractivity contribution in [3.8, 4) is 11.5 Å². The highest BCUT2D eigenvalue weighted by Gasteiger charge is 2.36. The molecule has 3 aromatic carbocycles. The number of anilines is 2. The first-order chi connectivity index (χ1) is 14.5. The zero-order valence-corrected chi connectivity index (χ0v) is 16.3. The molecule has 0 atom stereocenters. The maximum atomic E-state index is 12.9. The number of carbonyl (C=O) groups is 3. The molecule has 0 radical (unpaired) electrons. The maximum absolute atomic E-state index is 12.9. The van der Waals surface area contributed by atoms with Crippen LogP contribution in [0.5, 0.6) is 11.5 Å². The van der Waals surface area contributed by atoms with Crippen LogP contribution in [-0.4, -0.2) is 31.9 Å². The monoisotopic (exact) mass is 402 g/mol. The van der Waals surface area contributed by atoms with Crippen molar-refractivity contribution in [3.05, 3.63) is 83.4 Å². The van der Waals surface area contributed by atoms with Crippen LogP contribution in [0.4, 0.5) is 11.4 Å². The molecule has 3 amide bonds. The van der Waals surface area contributed by atoms with E-state index in [9.17, 15) is 14.4 Å². The molecule has 0 aliphatic carbocycles. The predicted octanol–water partition coefficient (Wildman–Crippen LogP) is 3.76. The van der Waals surface area contributed by atoms with Gasteiger partial charge in [0.25, 0.3) is 17.7 Å². The normalized spacial score (nSPS) is 12.5. The second-order valence-electron chi connectivity index (χ2n) is 6.53. The van der Waals surface area contributed by atoms with Crippen LogP contribution in [0.25, 0.3) is 0 Å². The fourth-order valence-corrected chi connectivity index (χ4v) is 3.42. The van der Waals surface area contributed by atoms with Gasteiger partial charge in [0, 0.05) is 5.69 Å². The summed E-state index contributed by atoms with van der Waals surface area (Å²) < 4.78 is 10.6. The van der Waals surface area contributed by atoms with Gasteiger partial charge in [-0.2, -0.15) is 0 Å². The van der Waals surface area contributed by atoms with Crippen molar-refractivity contribution in [3.63, 3.8) is 0 Å². The number of rotatable bonds is 5. The average molecular weight is 402 g/mol. The van der Waals surface area contributed by atoms with Crippen LogP contribution < -0.4 is 19.7 Å². The molecule has 0 unspecified atom stereocenters. The average Bonchev–Trinajstić information content (AvgIpc) is 3.03. The van der Waals surface area contributed by atoms with Crippen molar-refractivity contribution in [1.82, 2.24) is 0 Å². The Kier molecular flexibility index (Phi) is 4.93. The summed E-state index contributed by atoms with van der Waals surface area (Å²) in [5, 5.41) is 2.77. The Morgan fingerprint density at radius 3 is 1.93 bits per heavy atom. The molecule has 150 valence electrons. The number of fused-ring (bicyclic) bond motifs is 1. The zero-order valence-electron chi connectivity index (χ0n) is 16.3. The summed E-state index contributed by atoms with van der Waals surface area (Å²) in [4.78, 5) is 39.4. The van der Waals surface area contributed by atoms with Crippen molar-refractivity contribution < 1.29 is 23.9 Å². The third-order valence-electron chi connectivity index (χ3n) is 4.81. The number of nitrogens with zero attached hydrogens (tertiary/aromatic N) is 1. The lowest BCUT2D eigenvalue weighted by molar-refractivity contribution is 0.0925. The summed E-state index contributed by atoms with van der Waals surface area (Å²) in [6.07, 6.45) is 0. The van der Waals surface area contributed by atoms with Crippen LogP contribution in [0.1, 0.15) is 31.1 Å². The fourth-order valence-electron chi connectivity index (χ4n) is 3.42. The standard InChI is InChI=1S/C23H18N2O5/c1-29-18-11-6-12-19(30-2)20(18)21(26)24-14-7-5-8-15(13-14)25-22(27)16-9-3-4-10-17(16)23(25)28/h3-13H,1-2H3,(H,24,26). The molecular weight excluding hydrogens is 384 g/mol. The molecule has 0 fully saturated rings. The number of hydrogen-bond donors (Lipinski definition) is 1. The van der Waals surface area contributed by atoms with Gasteiger partial charge in [-0.15, -0.1) is 0 Å². The molecular formula is C23H18N2O5. The Hall–Kier alpha value is -4.13. The molecule has 3 aromatic rings. The van der Waals surface area contributed by atoms with E-state index in [1.807, 2.05) is 0 Å². The summed E-state index contributed by atoms with van der Waals surface area (Å²) in [6, 6.07) is 18.2. The van der Waals surface area contributed by atoms with Gasteiger partial charge in [0.1, 0.15) is 17.1 Å². The number of hydrogen-bond acceptors (Lipinski definition) is 5. The molecule has 0 spiro atoms. The quantitative estimate of drug-likeness (QED) is 0.657. The number of amides is 3. The lowest BCUT2D eigenvalue weighted by atomic mass is 10.1. The third kappa shape index (κ3) is 3.16. The zero-order chi connectivity index (χ0) is 21.3. The summed E-state index contributed by atoms with van der Waals surface area (Å²) in [5.41, 5.74) is 1.74. The predicted molar refractivity (Wildman–Crippen MR) is 112 cm³/mol. The Balaban J connectivity index is 1.64. The van der Waals surface area contributed by atoms with Crippen molar-refractivity contribution >= 4 is 29.1 Å². The van der Waals surface area contributed by atoms with Crippen molar-refractivity contribution in [2.75, 3.05) is 24.4 Å². The van der Waals surface area contributed by atoms with E-state index in [1.165, 1.54) is 14.2 Å². The van der Waals surface area contributed by atoms with E-state index in [-0.39, 0.29) is 5.56 Å². The summed E-state index contributed by atoms with van der Waals surface area (Å²) in [6.45, 7) is 0. The van der Waals surface area contributed by atoms with Crippen LogP contribution in [0, 0.1) is 0 Å². The molecule has 0 bridgehead atoms. The molecule has 30 heavy (non-hydrogen) atoms. The lowest BCUT2D eigenvalue weighted by Crippen LogP contribution is -2.29. The molecule has 7 nitrogen and oxygen atoms in total. The van der Waals surface area contributed by atoms with Crippen LogP contribution >= 0.6 is 0 Å². The first kappa shape index (κ1) is 19.2. The van der Waals surface area contributed by atoms with Crippen LogP contribution in [0.3, 0.4) is 0 Å². The number of nitrogens with one attached hydrogen (secondary N) is 1. The summed E-state index contributed by atoms with van der Waals surface area (Å²) >= 11 is 0. The largest absolute Gasteiger partial charge is 0.496 e.